The normalized spacial score (nSPS) is 14.8. The Labute approximate surface area is 141 Å². The van der Waals surface area contributed by atoms with E-state index in [1.54, 1.807) is 0 Å². The Morgan fingerprint density at radius 1 is 1.17 bits per heavy atom. The van der Waals surface area contributed by atoms with Gasteiger partial charge in [-0.15, -0.1) is 0 Å². The number of nitrogens with zero attached hydrogens (tertiary/aromatic N) is 2. The van der Waals surface area contributed by atoms with Crippen LogP contribution in [0.4, 0.5) is 5.69 Å². The van der Waals surface area contributed by atoms with E-state index in [9.17, 15) is 4.79 Å². The summed E-state index contributed by atoms with van der Waals surface area (Å²) in [5, 5.41) is 9.37. The van der Waals surface area contributed by atoms with E-state index in [4.69, 9.17) is 4.74 Å². The summed E-state index contributed by atoms with van der Waals surface area (Å²) in [5.74, 6) is -0.114. The molecular formula is C19H21N3O2. The molecule has 0 bridgehead atoms. The molecule has 0 atom stereocenters. The van der Waals surface area contributed by atoms with Crippen molar-refractivity contribution in [2.75, 3.05) is 31.6 Å². The zero-order valence-electron chi connectivity index (χ0n) is 13.7. The molecule has 1 saturated heterocycles. The van der Waals surface area contributed by atoms with Gasteiger partial charge < -0.3 is 10.1 Å². The molecule has 24 heavy (non-hydrogen) atoms. The van der Waals surface area contributed by atoms with Crippen molar-refractivity contribution in [3.63, 3.8) is 0 Å². The predicted molar refractivity (Wildman–Crippen MR) is 95.6 cm³/mol. The third-order valence-corrected chi connectivity index (χ3v) is 3.82. The highest BCUT2D eigenvalue weighted by Crippen LogP contribution is 2.12. The summed E-state index contributed by atoms with van der Waals surface area (Å²) >= 11 is 0. The Morgan fingerprint density at radius 2 is 1.92 bits per heavy atom. The van der Waals surface area contributed by atoms with Gasteiger partial charge in [-0.2, -0.15) is 5.10 Å². The predicted octanol–water partition coefficient (Wildman–Crippen LogP) is 2.91. The fourth-order valence-electron chi connectivity index (χ4n) is 2.42. The molecule has 1 fully saturated rings. The van der Waals surface area contributed by atoms with Crippen molar-refractivity contribution in [1.82, 2.24) is 5.01 Å². The van der Waals surface area contributed by atoms with Crippen molar-refractivity contribution >= 4 is 17.8 Å². The highest BCUT2D eigenvalue weighted by molar-refractivity contribution is 6.04. The van der Waals surface area contributed by atoms with E-state index in [0.717, 1.165) is 29.9 Å². The van der Waals surface area contributed by atoms with Crippen molar-refractivity contribution in [3.8, 4) is 0 Å². The molecule has 0 spiro atoms. The van der Waals surface area contributed by atoms with Gasteiger partial charge in [-0.3, -0.25) is 9.80 Å². The Kier molecular flexibility index (Phi) is 5.23. The van der Waals surface area contributed by atoms with Crippen molar-refractivity contribution < 1.29 is 9.53 Å². The maximum atomic E-state index is 12.3. The average molecular weight is 323 g/mol. The number of rotatable bonds is 4. The topological polar surface area (TPSA) is 53.9 Å². The second-order valence-electron chi connectivity index (χ2n) is 5.76. The highest BCUT2D eigenvalue weighted by atomic mass is 16.5. The van der Waals surface area contributed by atoms with Crippen molar-refractivity contribution in [3.05, 3.63) is 65.2 Å². The van der Waals surface area contributed by atoms with E-state index in [-0.39, 0.29) is 5.91 Å². The van der Waals surface area contributed by atoms with Crippen LogP contribution >= 0.6 is 0 Å². The summed E-state index contributed by atoms with van der Waals surface area (Å²) in [5.41, 5.74) is 3.48. The smallest absolute Gasteiger partial charge is 0.255 e. The molecule has 124 valence electrons. The van der Waals surface area contributed by atoms with Crippen LogP contribution in [-0.4, -0.2) is 43.4 Å². The molecular weight excluding hydrogens is 302 g/mol. The lowest BCUT2D eigenvalue weighted by Crippen LogP contribution is -2.32. The molecule has 1 aliphatic heterocycles. The van der Waals surface area contributed by atoms with Gasteiger partial charge in [0, 0.05) is 11.3 Å². The molecule has 1 N–H and O–H groups in total. The van der Waals surface area contributed by atoms with E-state index in [1.807, 2.05) is 66.7 Å². The van der Waals surface area contributed by atoms with Crippen molar-refractivity contribution in [2.24, 2.45) is 5.10 Å². The number of aryl methyl sites for hydroxylation is 1. The van der Waals surface area contributed by atoms with E-state index in [1.165, 1.54) is 0 Å². The highest BCUT2D eigenvalue weighted by Gasteiger charge is 2.07. The lowest BCUT2D eigenvalue weighted by molar-refractivity contribution is 0.0397. The molecule has 2 aromatic carbocycles. The molecule has 0 saturated carbocycles. The second kappa shape index (κ2) is 7.75. The van der Waals surface area contributed by atoms with Crippen LogP contribution in [0.25, 0.3) is 0 Å². The number of ether oxygens (including phenoxy) is 1. The van der Waals surface area contributed by atoms with E-state index >= 15 is 0 Å². The zero-order chi connectivity index (χ0) is 16.8. The van der Waals surface area contributed by atoms with Gasteiger partial charge in [0.15, 0.2) is 0 Å². The molecule has 0 aromatic heterocycles. The van der Waals surface area contributed by atoms with Crippen LogP contribution in [-0.2, 0) is 4.74 Å². The molecule has 0 unspecified atom stereocenters. The van der Waals surface area contributed by atoms with E-state index in [2.05, 4.69) is 10.4 Å². The average Bonchev–Trinajstić information content (AvgIpc) is 2.62. The minimum atomic E-state index is -0.114. The van der Waals surface area contributed by atoms with Crippen LogP contribution in [0.3, 0.4) is 0 Å². The van der Waals surface area contributed by atoms with Crippen molar-refractivity contribution in [2.45, 2.75) is 6.92 Å². The molecule has 1 heterocycles. The van der Waals surface area contributed by atoms with E-state index < -0.39 is 0 Å². The minimum absolute atomic E-state index is 0.114. The number of amides is 1. The van der Waals surface area contributed by atoms with Crippen LogP contribution in [0, 0.1) is 6.92 Å². The summed E-state index contributed by atoms with van der Waals surface area (Å²) < 4.78 is 5.30. The molecule has 1 aliphatic rings. The molecule has 5 nitrogen and oxygen atoms in total. The van der Waals surface area contributed by atoms with Crippen LogP contribution < -0.4 is 5.32 Å². The third-order valence-electron chi connectivity index (χ3n) is 3.82. The summed E-state index contributed by atoms with van der Waals surface area (Å²) in [7, 11) is 0. The zero-order valence-corrected chi connectivity index (χ0v) is 13.7. The summed E-state index contributed by atoms with van der Waals surface area (Å²) in [4.78, 5) is 12.3. The summed E-state index contributed by atoms with van der Waals surface area (Å²) in [6, 6.07) is 15.2. The fraction of sp³-hybridized carbons (Fsp3) is 0.263. The lowest BCUT2D eigenvalue weighted by atomic mass is 10.1. The van der Waals surface area contributed by atoms with E-state index in [0.29, 0.717) is 18.8 Å². The van der Waals surface area contributed by atoms with Gasteiger partial charge in [0.25, 0.3) is 5.91 Å². The maximum Gasteiger partial charge on any atom is 0.255 e. The number of nitrogens with one attached hydrogen (secondary N) is 1. The van der Waals surface area contributed by atoms with Gasteiger partial charge in [-0.25, -0.2) is 0 Å². The number of carbonyl (C=O) groups excluding carboxylic acids is 1. The van der Waals surface area contributed by atoms with Crippen LogP contribution in [0.2, 0.25) is 0 Å². The standard InChI is InChI=1S/C19H21N3O2/c1-15-5-7-17(8-6-15)19(23)21-18-4-2-3-16(13-18)14-20-22-9-11-24-12-10-22/h2-8,13-14H,9-12H2,1H3,(H,21,23)/b20-14-. The molecule has 5 heteroatoms. The molecule has 1 amide bonds. The molecule has 0 radical (unpaired) electrons. The maximum absolute atomic E-state index is 12.3. The first-order valence-electron chi connectivity index (χ1n) is 8.05. The first-order chi connectivity index (χ1) is 11.7. The molecule has 0 aliphatic carbocycles. The number of carbonyl (C=O) groups is 1. The third kappa shape index (κ3) is 4.43. The number of benzene rings is 2. The number of hydrogen-bond acceptors (Lipinski definition) is 4. The van der Waals surface area contributed by atoms with Gasteiger partial charge >= 0.3 is 0 Å². The lowest BCUT2D eigenvalue weighted by Gasteiger charge is -2.23. The first kappa shape index (κ1) is 16.2. The summed E-state index contributed by atoms with van der Waals surface area (Å²) in [6.07, 6.45) is 1.81. The van der Waals surface area contributed by atoms with Gasteiger partial charge in [-0.05, 0) is 36.8 Å². The summed E-state index contributed by atoms with van der Waals surface area (Å²) in [6.45, 7) is 5.04. The van der Waals surface area contributed by atoms with Crippen LogP contribution in [0.15, 0.2) is 53.6 Å². The van der Waals surface area contributed by atoms with Gasteiger partial charge in [0.05, 0.1) is 32.5 Å². The van der Waals surface area contributed by atoms with Gasteiger partial charge in [-0.1, -0.05) is 29.8 Å². The van der Waals surface area contributed by atoms with Crippen LogP contribution in [0.1, 0.15) is 21.5 Å². The SMILES string of the molecule is Cc1ccc(C(=O)Nc2cccc(/C=N\N3CCOCC3)c2)cc1. The largest absolute Gasteiger partial charge is 0.378 e. The number of hydrogen-bond donors (Lipinski definition) is 1. The fourth-order valence-corrected chi connectivity index (χ4v) is 2.42. The Hall–Kier alpha value is -2.66. The Morgan fingerprint density at radius 3 is 2.67 bits per heavy atom. The molecule has 3 rings (SSSR count). The van der Waals surface area contributed by atoms with Gasteiger partial charge in [0.1, 0.15) is 0 Å². The van der Waals surface area contributed by atoms with Gasteiger partial charge in [0.2, 0.25) is 0 Å². The quantitative estimate of drug-likeness (QED) is 0.880. The van der Waals surface area contributed by atoms with Crippen molar-refractivity contribution in [1.29, 1.82) is 0 Å². The van der Waals surface area contributed by atoms with Crippen LogP contribution in [0.5, 0.6) is 0 Å². The Balaban J connectivity index is 1.65. The number of morpholine rings is 1. The first-order valence-corrected chi connectivity index (χ1v) is 8.05. The minimum Gasteiger partial charge on any atom is -0.378 e. The monoisotopic (exact) mass is 323 g/mol. The number of hydrazone groups is 1. The Bertz CT molecular complexity index is 720. The molecule has 2 aromatic rings. The second-order valence-corrected chi connectivity index (χ2v) is 5.76. The number of anilines is 1.